The van der Waals surface area contributed by atoms with Gasteiger partial charge in [-0.25, -0.2) is 4.79 Å². The first-order valence-corrected chi connectivity index (χ1v) is 10.5. The summed E-state index contributed by atoms with van der Waals surface area (Å²) in [5, 5.41) is 17.4. The second-order valence-corrected chi connectivity index (χ2v) is 7.95. The molecular weight excluding hydrogens is 400 g/mol. The number of hydrogen-bond donors (Lipinski definition) is 5. The SMILES string of the molecule is CCC(C)C(NC(=O)C(NC(=O)CN)C(C)C)C(=O)NC(Cc1ccccc1)C(=O)O. The molecule has 1 aromatic rings. The van der Waals surface area contributed by atoms with Gasteiger partial charge in [-0.05, 0) is 17.4 Å². The van der Waals surface area contributed by atoms with E-state index in [9.17, 15) is 24.3 Å². The van der Waals surface area contributed by atoms with E-state index in [1.54, 1.807) is 45.0 Å². The number of carbonyl (C=O) groups excluding carboxylic acids is 3. The van der Waals surface area contributed by atoms with Gasteiger partial charge in [0.15, 0.2) is 0 Å². The van der Waals surface area contributed by atoms with Crippen molar-refractivity contribution in [1.82, 2.24) is 16.0 Å². The van der Waals surface area contributed by atoms with Gasteiger partial charge in [0.05, 0.1) is 6.54 Å². The predicted octanol–water partition coefficient (Wildman–Crippen LogP) is 0.429. The molecule has 0 aliphatic rings. The number of benzene rings is 1. The minimum Gasteiger partial charge on any atom is -0.480 e. The molecular formula is C22H34N4O5. The molecule has 0 saturated carbocycles. The van der Waals surface area contributed by atoms with E-state index in [1.165, 1.54) is 0 Å². The lowest BCUT2D eigenvalue weighted by atomic mass is 9.95. The molecule has 31 heavy (non-hydrogen) atoms. The number of rotatable bonds is 12. The standard InChI is InChI=1S/C22H34N4O5/c1-5-14(4)19(26-20(28)18(13(2)3)25-17(27)12-23)21(29)24-16(22(30)31)11-15-9-7-6-8-10-15/h6-10,13-14,16,18-19H,5,11-12,23H2,1-4H3,(H,24,29)(H,25,27)(H,26,28)(H,30,31). The molecule has 1 rings (SSSR count). The van der Waals surface area contributed by atoms with E-state index < -0.39 is 41.8 Å². The van der Waals surface area contributed by atoms with Crippen molar-refractivity contribution in [2.75, 3.05) is 6.54 Å². The zero-order valence-corrected chi connectivity index (χ0v) is 18.6. The topological polar surface area (TPSA) is 151 Å². The van der Waals surface area contributed by atoms with Gasteiger partial charge >= 0.3 is 5.97 Å². The summed E-state index contributed by atoms with van der Waals surface area (Å²) in [7, 11) is 0. The molecule has 172 valence electrons. The first-order valence-electron chi connectivity index (χ1n) is 10.5. The Bertz CT molecular complexity index is 754. The highest BCUT2D eigenvalue weighted by atomic mass is 16.4. The van der Waals surface area contributed by atoms with E-state index in [0.29, 0.717) is 6.42 Å². The number of hydrogen-bond acceptors (Lipinski definition) is 5. The van der Waals surface area contributed by atoms with Crippen LogP contribution in [-0.2, 0) is 25.6 Å². The smallest absolute Gasteiger partial charge is 0.326 e. The third kappa shape index (κ3) is 8.37. The number of carbonyl (C=O) groups is 4. The molecule has 0 aliphatic heterocycles. The summed E-state index contributed by atoms with van der Waals surface area (Å²) in [6, 6.07) is 6.01. The monoisotopic (exact) mass is 434 g/mol. The molecule has 3 amide bonds. The van der Waals surface area contributed by atoms with Gasteiger partial charge in [-0.3, -0.25) is 14.4 Å². The molecule has 0 aromatic heterocycles. The zero-order chi connectivity index (χ0) is 23.6. The van der Waals surface area contributed by atoms with E-state index in [1.807, 2.05) is 13.0 Å². The van der Waals surface area contributed by atoms with Crippen LogP contribution in [0.25, 0.3) is 0 Å². The average molecular weight is 435 g/mol. The highest BCUT2D eigenvalue weighted by Crippen LogP contribution is 2.11. The third-order valence-corrected chi connectivity index (χ3v) is 5.14. The Kier molecular flexibility index (Phi) is 10.7. The number of amides is 3. The summed E-state index contributed by atoms with van der Waals surface area (Å²) >= 11 is 0. The van der Waals surface area contributed by atoms with Crippen LogP contribution in [0.4, 0.5) is 0 Å². The third-order valence-electron chi connectivity index (χ3n) is 5.14. The second-order valence-electron chi connectivity index (χ2n) is 7.95. The maximum absolute atomic E-state index is 13.0. The van der Waals surface area contributed by atoms with Crippen LogP contribution in [0, 0.1) is 11.8 Å². The lowest BCUT2D eigenvalue weighted by Gasteiger charge is -2.29. The Morgan fingerprint density at radius 1 is 0.935 bits per heavy atom. The molecule has 4 unspecified atom stereocenters. The summed E-state index contributed by atoms with van der Waals surface area (Å²) in [6.07, 6.45) is 0.695. The van der Waals surface area contributed by atoms with Crippen LogP contribution in [0.2, 0.25) is 0 Å². The zero-order valence-electron chi connectivity index (χ0n) is 18.6. The molecule has 0 bridgehead atoms. The normalized spacial score (nSPS) is 14.8. The van der Waals surface area contributed by atoms with Crippen molar-refractivity contribution >= 4 is 23.7 Å². The minimum atomic E-state index is -1.17. The summed E-state index contributed by atoms with van der Waals surface area (Å²) < 4.78 is 0. The van der Waals surface area contributed by atoms with Crippen LogP contribution in [0.1, 0.15) is 39.7 Å². The fourth-order valence-corrected chi connectivity index (χ4v) is 3.02. The van der Waals surface area contributed by atoms with Crippen molar-refractivity contribution in [3.63, 3.8) is 0 Å². The molecule has 0 heterocycles. The molecule has 4 atom stereocenters. The van der Waals surface area contributed by atoms with Crippen LogP contribution in [-0.4, -0.2) is 53.5 Å². The molecule has 0 radical (unpaired) electrons. The maximum Gasteiger partial charge on any atom is 0.326 e. The van der Waals surface area contributed by atoms with Crippen molar-refractivity contribution in [3.05, 3.63) is 35.9 Å². The Morgan fingerprint density at radius 3 is 2.00 bits per heavy atom. The van der Waals surface area contributed by atoms with E-state index >= 15 is 0 Å². The Labute approximate surface area is 183 Å². The van der Waals surface area contributed by atoms with Crippen LogP contribution in [0.5, 0.6) is 0 Å². The van der Waals surface area contributed by atoms with Gasteiger partial charge in [0.1, 0.15) is 18.1 Å². The Morgan fingerprint density at radius 2 is 1.52 bits per heavy atom. The summed E-state index contributed by atoms with van der Waals surface area (Å²) in [6.45, 7) is 6.93. The lowest BCUT2D eigenvalue weighted by molar-refractivity contribution is -0.142. The number of nitrogens with one attached hydrogen (secondary N) is 3. The van der Waals surface area contributed by atoms with Gasteiger partial charge in [0.25, 0.3) is 0 Å². The molecule has 0 aliphatic carbocycles. The summed E-state index contributed by atoms with van der Waals surface area (Å²) in [5.41, 5.74) is 6.09. The van der Waals surface area contributed by atoms with Crippen LogP contribution in [0.15, 0.2) is 30.3 Å². The average Bonchev–Trinajstić information content (AvgIpc) is 2.74. The highest BCUT2D eigenvalue weighted by Gasteiger charge is 2.33. The Balaban J connectivity index is 2.98. The maximum atomic E-state index is 13.0. The van der Waals surface area contributed by atoms with E-state index in [-0.39, 0.29) is 24.8 Å². The van der Waals surface area contributed by atoms with Gasteiger partial charge in [0.2, 0.25) is 17.7 Å². The fourth-order valence-electron chi connectivity index (χ4n) is 3.02. The quantitative estimate of drug-likeness (QED) is 0.322. The molecule has 6 N–H and O–H groups in total. The molecule has 0 fully saturated rings. The molecule has 9 heteroatoms. The van der Waals surface area contributed by atoms with Gasteiger partial charge in [-0.2, -0.15) is 0 Å². The van der Waals surface area contributed by atoms with E-state index in [0.717, 1.165) is 5.56 Å². The number of aliphatic carboxylic acids is 1. The van der Waals surface area contributed by atoms with Crippen molar-refractivity contribution in [3.8, 4) is 0 Å². The van der Waals surface area contributed by atoms with Gasteiger partial charge < -0.3 is 26.8 Å². The number of carboxylic acid groups (broad SMARTS) is 1. The molecule has 9 nitrogen and oxygen atoms in total. The first-order chi connectivity index (χ1) is 14.6. The van der Waals surface area contributed by atoms with Gasteiger partial charge in [0, 0.05) is 6.42 Å². The summed E-state index contributed by atoms with van der Waals surface area (Å²) in [5.74, 6) is -3.24. The molecule has 0 spiro atoms. The van der Waals surface area contributed by atoms with Crippen molar-refractivity contribution in [2.24, 2.45) is 17.6 Å². The van der Waals surface area contributed by atoms with Gasteiger partial charge in [-0.1, -0.05) is 64.4 Å². The Hall–Kier alpha value is -2.94. The predicted molar refractivity (Wildman–Crippen MR) is 117 cm³/mol. The fraction of sp³-hybridized carbons (Fsp3) is 0.545. The van der Waals surface area contributed by atoms with Crippen molar-refractivity contribution < 1.29 is 24.3 Å². The first kappa shape index (κ1) is 26.1. The molecule has 0 saturated heterocycles. The van der Waals surface area contributed by atoms with Crippen molar-refractivity contribution in [1.29, 1.82) is 0 Å². The number of nitrogens with two attached hydrogens (primary N) is 1. The van der Waals surface area contributed by atoms with E-state index in [4.69, 9.17) is 5.73 Å². The van der Waals surface area contributed by atoms with Crippen LogP contribution in [0.3, 0.4) is 0 Å². The van der Waals surface area contributed by atoms with Crippen LogP contribution < -0.4 is 21.7 Å². The second kappa shape index (κ2) is 12.7. The largest absolute Gasteiger partial charge is 0.480 e. The van der Waals surface area contributed by atoms with Crippen molar-refractivity contribution in [2.45, 2.75) is 58.7 Å². The van der Waals surface area contributed by atoms with Crippen LogP contribution >= 0.6 is 0 Å². The molecule has 1 aromatic carbocycles. The minimum absolute atomic E-state index is 0.115. The lowest BCUT2D eigenvalue weighted by Crippen LogP contribution is -2.59. The number of carboxylic acids is 1. The highest BCUT2D eigenvalue weighted by molar-refractivity contribution is 5.93. The van der Waals surface area contributed by atoms with Gasteiger partial charge in [-0.15, -0.1) is 0 Å². The summed E-state index contributed by atoms with van der Waals surface area (Å²) in [4.78, 5) is 49.2. The van der Waals surface area contributed by atoms with E-state index in [2.05, 4.69) is 16.0 Å².